The van der Waals surface area contributed by atoms with E-state index in [2.05, 4.69) is 6.07 Å². The summed E-state index contributed by atoms with van der Waals surface area (Å²) in [6.07, 6.45) is 4.07. The molecular formula is C10H8ClO. The van der Waals surface area contributed by atoms with E-state index >= 15 is 0 Å². The van der Waals surface area contributed by atoms with Gasteiger partial charge >= 0.3 is 0 Å². The molecule has 0 amide bonds. The minimum absolute atomic E-state index is 0.0231. The standard InChI is InChI=1S/C10H8ClO/c11-7-12-10-6-5-8-3-1-2-4-9(8)10/h1,3-6,10H,7H2. The molecule has 1 nitrogen and oxygen atoms in total. The van der Waals surface area contributed by atoms with Crippen molar-refractivity contribution in [3.8, 4) is 0 Å². The lowest BCUT2D eigenvalue weighted by Gasteiger charge is -2.08. The van der Waals surface area contributed by atoms with Crippen molar-refractivity contribution in [3.05, 3.63) is 41.5 Å². The van der Waals surface area contributed by atoms with Crippen LogP contribution in [0.15, 0.2) is 24.3 Å². The minimum atomic E-state index is 0.0231. The molecule has 2 heteroatoms. The van der Waals surface area contributed by atoms with Crippen molar-refractivity contribution in [2.45, 2.75) is 6.10 Å². The van der Waals surface area contributed by atoms with Gasteiger partial charge in [0.05, 0.1) is 0 Å². The van der Waals surface area contributed by atoms with E-state index in [9.17, 15) is 0 Å². The van der Waals surface area contributed by atoms with Crippen LogP contribution in [0.3, 0.4) is 0 Å². The monoisotopic (exact) mass is 179 g/mol. The first-order valence-corrected chi connectivity index (χ1v) is 4.31. The van der Waals surface area contributed by atoms with Crippen LogP contribution in [-0.4, -0.2) is 6.07 Å². The Bertz CT molecular complexity index is 306. The fourth-order valence-corrected chi connectivity index (χ4v) is 1.50. The highest BCUT2D eigenvalue weighted by molar-refractivity contribution is 6.17. The number of rotatable bonds is 2. The zero-order chi connectivity index (χ0) is 8.39. The Hall–Kier alpha value is -0.790. The molecule has 0 aliphatic heterocycles. The van der Waals surface area contributed by atoms with Gasteiger partial charge < -0.3 is 4.74 Å². The van der Waals surface area contributed by atoms with E-state index in [0.29, 0.717) is 0 Å². The van der Waals surface area contributed by atoms with Gasteiger partial charge in [0.2, 0.25) is 0 Å². The molecular weight excluding hydrogens is 172 g/mol. The summed E-state index contributed by atoms with van der Waals surface area (Å²) in [5, 5.41) is 0. The van der Waals surface area contributed by atoms with Gasteiger partial charge in [-0.05, 0) is 23.3 Å². The first kappa shape index (κ1) is 7.84. The number of ether oxygens (including phenoxy) is 1. The molecule has 61 valence electrons. The Balaban J connectivity index is 2.30. The molecule has 0 saturated carbocycles. The van der Waals surface area contributed by atoms with Gasteiger partial charge in [0.15, 0.2) is 0 Å². The Morgan fingerprint density at radius 2 is 2.50 bits per heavy atom. The van der Waals surface area contributed by atoms with Crippen LogP contribution in [0, 0.1) is 6.07 Å². The Labute approximate surface area is 76.6 Å². The van der Waals surface area contributed by atoms with Crippen LogP contribution < -0.4 is 0 Å². The van der Waals surface area contributed by atoms with Gasteiger partial charge in [-0.3, -0.25) is 0 Å². The molecule has 0 N–H and O–H groups in total. The molecule has 0 bridgehead atoms. The van der Waals surface area contributed by atoms with E-state index in [1.54, 1.807) is 0 Å². The third kappa shape index (κ3) is 1.26. The van der Waals surface area contributed by atoms with Crippen molar-refractivity contribution in [1.82, 2.24) is 0 Å². The number of benzene rings is 1. The predicted molar refractivity (Wildman–Crippen MR) is 48.9 cm³/mol. The summed E-state index contributed by atoms with van der Waals surface area (Å²) in [6.45, 7) is 0. The average molecular weight is 180 g/mol. The highest BCUT2D eigenvalue weighted by Gasteiger charge is 2.15. The second-order valence-electron chi connectivity index (χ2n) is 2.61. The highest BCUT2D eigenvalue weighted by Crippen LogP contribution is 2.30. The van der Waals surface area contributed by atoms with Crippen molar-refractivity contribution >= 4 is 17.7 Å². The van der Waals surface area contributed by atoms with Crippen LogP contribution in [0.25, 0.3) is 6.08 Å². The second-order valence-corrected chi connectivity index (χ2v) is 2.83. The summed E-state index contributed by atoms with van der Waals surface area (Å²) in [6, 6.07) is 9.09. The SMILES string of the molecule is ClCOC1C=Cc2cc[c]cc21. The summed E-state index contributed by atoms with van der Waals surface area (Å²) in [7, 11) is 0. The van der Waals surface area contributed by atoms with Crippen molar-refractivity contribution in [1.29, 1.82) is 0 Å². The van der Waals surface area contributed by atoms with Crippen LogP contribution >= 0.6 is 11.6 Å². The molecule has 0 heterocycles. The van der Waals surface area contributed by atoms with Crippen LogP contribution in [0.5, 0.6) is 0 Å². The first-order chi connectivity index (χ1) is 5.92. The predicted octanol–water partition coefficient (Wildman–Crippen LogP) is 2.77. The summed E-state index contributed by atoms with van der Waals surface area (Å²) in [5.74, 6) is 0. The van der Waals surface area contributed by atoms with Crippen LogP contribution in [0.1, 0.15) is 17.2 Å². The molecule has 1 aliphatic rings. The van der Waals surface area contributed by atoms with E-state index in [1.807, 2.05) is 30.4 Å². The summed E-state index contributed by atoms with van der Waals surface area (Å²) in [5.41, 5.74) is 2.35. The molecule has 0 spiro atoms. The lowest BCUT2D eigenvalue weighted by Crippen LogP contribution is -1.97. The number of alkyl halides is 1. The van der Waals surface area contributed by atoms with Gasteiger partial charge in [0.1, 0.15) is 12.2 Å². The molecule has 12 heavy (non-hydrogen) atoms. The maximum atomic E-state index is 5.48. The van der Waals surface area contributed by atoms with Crippen LogP contribution in [0.2, 0.25) is 0 Å². The summed E-state index contributed by atoms with van der Waals surface area (Å²) < 4.78 is 5.29. The van der Waals surface area contributed by atoms with Gasteiger partial charge in [0, 0.05) is 0 Å². The van der Waals surface area contributed by atoms with Crippen molar-refractivity contribution in [2.24, 2.45) is 0 Å². The number of hydrogen-bond acceptors (Lipinski definition) is 1. The third-order valence-electron chi connectivity index (χ3n) is 1.93. The molecule has 1 aromatic rings. The molecule has 1 radical (unpaired) electrons. The van der Waals surface area contributed by atoms with E-state index in [0.717, 1.165) is 5.56 Å². The van der Waals surface area contributed by atoms with Gasteiger partial charge in [-0.1, -0.05) is 35.9 Å². The third-order valence-corrected chi connectivity index (χ3v) is 2.06. The zero-order valence-corrected chi connectivity index (χ0v) is 7.21. The van der Waals surface area contributed by atoms with E-state index < -0.39 is 0 Å². The Morgan fingerprint density at radius 1 is 1.58 bits per heavy atom. The zero-order valence-electron chi connectivity index (χ0n) is 6.46. The van der Waals surface area contributed by atoms with Crippen LogP contribution in [0.4, 0.5) is 0 Å². The molecule has 0 fully saturated rings. The largest absolute Gasteiger partial charge is 0.354 e. The maximum absolute atomic E-state index is 5.48. The molecule has 2 rings (SSSR count). The van der Waals surface area contributed by atoms with Crippen molar-refractivity contribution in [2.75, 3.05) is 6.07 Å². The van der Waals surface area contributed by atoms with Crippen LogP contribution in [-0.2, 0) is 4.74 Å². The topological polar surface area (TPSA) is 9.23 Å². The lowest BCUT2D eigenvalue weighted by molar-refractivity contribution is 0.127. The van der Waals surface area contributed by atoms with Crippen molar-refractivity contribution in [3.63, 3.8) is 0 Å². The number of halogens is 1. The smallest absolute Gasteiger partial charge is 0.122 e. The van der Waals surface area contributed by atoms with Crippen molar-refractivity contribution < 1.29 is 4.74 Å². The quantitative estimate of drug-likeness (QED) is 0.635. The van der Waals surface area contributed by atoms with Gasteiger partial charge in [-0.15, -0.1) is 0 Å². The second kappa shape index (κ2) is 3.30. The Kier molecular flexibility index (Phi) is 2.15. The maximum Gasteiger partial charge on any atom is 0.122 e. The molecule has 1 unspecified atom stereocenters. The molecule has 1 aliphatic carbocycles. The van der Waals surface area contributed by atoms with E-state index in [4.69, 9.17) is 16.3 Å². The lowest BCUT2D eigenvalue weighted by atomic mass is 10.1. The fraction of sp³-hybridized carbons (Fsp3) is 0.200. The first-order valence-electron chi connectivity index (χ1n) is 3.77. The number of hydrogen-bond donors (Lipinski definition) is 0. The number of fused-ring (bicyclic) bond motifs is 1. The van der Waals surface area contributed by atoms with Gasteiger partial charge in [0.25, 0.3) is 0 Å². The highest BCUT2D eigenvalue weighted by atomic mass is 35.5. The summed E-state index contributed by atoms with van der Waals surface area (Å²) >= 11 is 5.48. The molecule has 0 aromatic heterocycles. The Morgan fingerprint density at radius 3 is 3.33 bits per heavy atom. The molecule has 0 saturated heterocycles. The van der Waals surface area contributed by atoms with Gasteiger partial charge in [-0.25, -0.2) is 0 Å². The average Bonchev–Trinajstić information content (AvgIpc) is 2.50. The normalized spacial score (nSPS) is 19.6. The van der Waals surface area contributed by atoms with E-state index in [-0.39, 0.29) is 12.2 Å². The molecule has 1 aromatic carbocycles. The summed E-state index contributed by atoms with van der Waals surface area (Å²) in [4.78, 5) is 0. The van der Waals surface area contributed by atoms with E-state index in [1.165, 1.54) is 5.56 Å². The molecule has 1 atom stereocenters. The van der Waals surface area contributed by atoms with Gasteiger partial charge in [-0.2, -0.15) is 0 Å². The minimum Gasteiger partial charge on any atom is -0.354 e. The fourth-order valence-electron chi connectivity index (χ4n) is 1.36.